The van der Waals surface area contributed by atoms with E-state index >= 15 is 0 Å². The molecule has 2 atom stereocenters. The molecule has 1 N–H and O–H groups in total. The van der Waals surface area contributed by atoms with E-state index in [9.17, 15) is 0 Å². The Kier molecular flexibility index (Phi) is 4.55. The topological polar surface area (TPSA) is 29.9 Å². The van der Waals surface area contributed by atoms with Crippen LogP contribution in [0.4, 0.5) is 0 Å². The molecule has 3 nitrogen and oxygen atoms in total. The number of hydrogen-bond donors (Lipinski definition) is 1. The number of thiophene rings is 1. The summed E-state index contributed by atoms with van der Waals surface area (Å²) in [6, 6.07) is 5.10. The Hall–Kier alpha value is -1.13. The molecule has 0 saturated carbocycles. The Bertz CT molecular complexity index is 461. The lowest BCUT2D eigenvalue weighted by Gasteiger charge is -2.21. The fourth-order valence-corrected chi connectivity index (χ4v) is 2.64. The first-order valence-electron chi connectivity index (χ1n) is 6.43. The summed E-state index contributed by atoms with van der Waals surface area (Å²) in [6.07, 6.45) is 5.11. The van der Waals surface area contributed by atoms with Crippen LogP contribution in [-0.2, 0) is 6.42 Å². The molecule has 18 heavy (non-hydrogen) atoms. The molecule has 4 heteroatoms. The first-order chi connectivity index (χ1) is 8.66. The maximum Gasteiger partial charge on any atom is 0.0641 e. The van der Waals surface area contributed by atoms with Gasteiger partial charge in [0.25, 0.3) is 0 Å². The molecule has 0 radical (unpaired) electrons. The zero-order valence-electron chi connectivity index (χ0n) is 11.3. The van der Waals surface area contributed by atoms with Crippen molar-refractivity contribution in [3.63, 3.8) is 0 Å². The highest BCUT2D eigenvalue weighted by molar-refractivity contribution is 7.09. The molecular formula is C14H21N3S. The van der Waals surface area contributed by atoms with Gasteiger partial charge in [0.15, 0.2) is 0 Å². The molecule has 0 unspecified atom stereocenters. The summed E-state index contributed by atoms with van der Waals surface area (Å²) in [7, 11) is 0. The summed E-state index contributed by atoms with van der Waals surface area (Å²) < 4.78 is 2.04. The second-order valence-corrected chi connectivity index (χ2v) is 5.84. The third kappa shape index (κ3) is 3.43. The second-order valence-electron chi connectivity index (χ2n) is 4.81. The highest BCUT2D eigenvalue weighted by Gasteiger charge is 2.13. The van der Waals surface area contributed by atoms with Crippen molar-refractivity contribution in [2.45, 2.75) is 39.3 Å². The van der Waals surface area contributed by atoms with Gasteiger partial charge in [-0.15, -0.1) is 11.3 Å². The zero-order chi connectivity index (χ0) is 13.0. The van der Waals surface area contributed by atoms with E-state index in [1.807, 2.05) is 22.2 Å². The lowest BCUT2D eigenvalue weighted by atomic mass is 10.1. The molecule has 2 aromatic heterocycles. The Labute approximate surface area is 113 Å². The van der Waals surface area contributed by atoms with Crippen molar-refractivity contribution >= 4 is 11.3 Å². The van der Waals surface area contributed by atoms with E-state index in [4.69, 9.17) is 0 Å². The van der Waals surface area contributed by atoms with E-state index in [1.165, 1.54) is 10.4 Å². The van der Waals surface area contributed by atoms with Crippen LogP contribution in [0.1, 0.15) is 30.3 Å². The number of nitrogens with zero attached hydrogens (tertiary/aromatic N) is 2. The van der Waals surface area contributed by atoms with Crippen molar-refractivity contribution in [1.82, 2.24) is 15.1 Å². The van der Waals surface area contributed by atoms with Gasteiger partial charge in [-0.3, -0.25) is 4.68 Å². The summed E-state index contributed by atoms with van der Waals surface area (Å²) in [5.41, 5.74) is 1.22. The van der Waals surface area contributed by atoms with Crippen LogP contribution in [0, 0.1) is 6.92 Å². The second kappa shape index (κ2) is 6.16. The molecule has 0 saturated heterocycles. The molecule has 0 aliphatic heterocycles. The van der Waals surface area contributed by atoms with Gasteiger partial charge in [-0.1, -0.05) is 6.07 Å². The number of rotatable bonds is 6. The summed E-state index contributed by atoms with van der Waals surface area (Å²) in [6.45, 7) is 7.52. The van der Waals surface area contributed by atoms with Gasteiger partial charge in [0.2, 0.25) is 0 Å². The molecule has 0 aliphatic carbocycles. The minimum Gasteiger partial charge on any atom is -0.312 e. The van der Waals surface area contributed by atoms with Crippen LogP contribution in [0.5, 0.6) is 0 Å². The average molecular weight is 263 g/mol. The fraction of sp³-hybridized carbons (Fsp3) is 0.500. The highest BCUT2D eigenvalue weighted by atomic mass is 32.1. The smallest absolute Gasteiger partial charge is 0.0641 e. The molecule has 0 aliphatic rings. The van der Waals surface area contributed by atoms with Gasteiger partial charge in [0, 0.05) is 23.7 Å². The van der Waals surface area contributed by atoms with Crippen molar-refractivity contribution in [2.24, 2.45) is 0 Å². The molecule has 98 valence electrons. The molecule has 0 spiro atoms. The molecule has 0 fully saturated rings. The lowest BCUT2D eigenvalue weighted by molar-refractivity contribution is 0.368. The van der Waals surface area contributed by atoms with Gasteiger partial charge >= 0.3 is 0 Å². The normalized spacial score (nSPS) is 14.6. The Morgan fingerprint density at radius 3 is 2.89 bits per heavy atom. The van der Waals surface area contributed by atoms with E-state index in [0.29, 0.717) is 12.1 Å². The van der Waals surface area contributed by atoms with Crippen LogP contribution in [0.2, 0.25) is 0 Å². The van der Waals surface area contributed by atoms with E-state index in [0.717, 1.165) is 13.0 Å². The predicted molar refractivity (Wildman–Crippen MR) is 77.2 cm³/mol. The average Bonchev–Trinajstić information content (AvgIpc) is 2.99. The first-order valence-corrected chi connectivity index (χ1v) is 7.31. The van der Waals surface area contributed by atoms with E-state index in [2.05, 4.69) is 54.9 Å². The van der Waals surface area contributed by atoms with Gasteiger partial charge in [0.05, 0.1) is 12.2 Å². The van der Waals surface area contributed by atoms with Crippen molar-refractivity contribution in [2.75, 3.05) is 6.54 Å². The third-order valence-corrected chi connectivity index (χ3v) is 4.23. The SMILES string of the molecule is Cc1cnn([C@H](C)[C@H](C)NCCc2cccs2)c1. The minimum atomic E-state index is 0.377. The van der Waals surface area contributed by atoms with Crippen LogP contribution in [0.3, 0.4) is 0 Å². The molecule has 0 aromatic carbocycles. The predicted octanol–water partition coefficient (Wildman–Crippen LogP) is 3.03. The monoisotopic (exact) mass is 263 g/mol. The number of nitrogens with one attached hydrogen (secondary N) is 1. The minimum absolute atomic E-state index is 0.377. The Morgan fingerprint density at radius 2 is 2.28 bits per heavy atom. The van der Waals surface area contributed by atoms with Gasteiger partial charge in [0.1, 0.15) is 0 Å². The summed E-state index contributed by atoms with van der Waals surface area (Å²) >= 11 is 1.83. The Morgan fingerprint density at radius 1 is 1.44 bits per heavy atom. The molecule has 0 bridgehead atoms. The maximum atomic E-state index is 4.37. The zero-order valence-corrected chi connectivity index (χ0v) is 12.1. The fourth-order valence-electron chi connectivity index (χ4n) is 1.93. The van der Waals surface area contributed by atoms with Crippen molar-refractivity contribution < 1.29 is 0 Å². The largest absolute Gasteiger partial charge is 0.312 e. The van der Waals surface area contributed by atoms with Crippen LogP contribution in [-0.4, -0.2) is 22.4 Å². The molecule has 0 amide bonds. The van der Waals surface area contributed by atoms with Gasteiger partial charge in [-0.05, 0) is 44.2 Å². The van der Waals surface area contributed by atoms with Crippen molar-refractivity contribution in [1.29, 1.82) is 0 Å². The highest BCUT2D eigenvalue weighted by Crippen LogP contribution is 2.12. The third-order valence-electron chi connectivity index (χ3n) is 3.29. The lowest BCUT2D eigenvalue weighted by Crippen LogP contribution is -2.35. The van der Waals surface area contributed by atoms with Crippen LogP contribution in [0.25, 0.3) is 0 Å². The van der Waals surface area contributed by atoms with E-state index in [1.54, 1.807) is 0 Å². The van der Waals surface area contributed by atoms with E-state index < -0.39 is 0 Å². The number of aromatic nitrogens is 2. The van der Waals surface area contributed by atoms with Crippen LogP contribution < -0.4 is 5.32 Å². The van der Waals surface area contributed by atoms with Gasteiger partial charge in [-0.2, -0.15) is 5.10 Å². The number of aryl methyl sites for hydroxylation is 1. The van der Waals surface area contributed by atoms with Crippen LogP contribution >= 0.6 is 11.3 Å². The number of hydrogen-bond acceptors (Lipinski definition) is 3. The summed E-state index contributed by atoms with van der Waals surface area (Å²) in [5, 5.41) is 10.1. The summed E-state index contributed by atoms with van der Waals surface area (Å²) in [4.78, 5) is 1.44. The van der Waals surface area contributed by atoms with Crippen LogP contribution in [0.15, 0.2) is 29.9 Å². The Balaban J connectivity index is 1.79. The molecular weight excluding hydrogens is 242 g/mol. The van der Waals surface area contributed by atoms with Gasteiger partial charge < -0.3 is 5.32 Å². The first kappa shape index (κ1) is 13.3. The van der Waals surface area contributed by atoms with Crippen molar-refractivity contribution in [3.8, 4) is 0 Å². The standard InChI is InChI=1S/C14H21N3S/c1-11-9-16-17(10-11)13(3)12(2)15-7-6-14-5-4-8-18-14/h4-5,8-10,12-13,15H,6-7H2,1-3H3/t12-,13+/m0/s1. The maximum absolute atomic E-state index is 4.37. The quantitative estimate of drug-likeness (QED) is 0.868. The van der Waals surface area contributed by atoms with E-state index in [-0.39, 0.29) is 0 Å². The summed E-state index contributed by atoms with van der Waals surface area (Å²) in [5.74, 6) is 0. The molecule has 2 rings (SSSR count). The van der Waals surface area contributed by atoms with Gasteiger partial charge in [-0.25, -0.2) is 0 Å². The molecule has 2 aromatic rings. The van der Waals surface area contributed by atoms with Crippen molar-refractivity contribution in [3.05, 3.63) is 40.3 Å². The molecule has 2 heterocycles.